The van der Waals surface area contributed by atoms with E-state index < -0.39 is 28.5 Å². The van der Waals surface area contributed by atoms with Crippen LogP contribution in [0.4, 0.5) is 5.69 Å². The van der Waals surface area contributed by atoms with E-state index in [4.69, 9.17) is 11.6 Å². The molecule has 0 fully saturated rings. The molecule has 0 aliphatic carbocycles. The number of nitrogens with zero attached hydrogens (tertiary/aromatic N) is 2. The Balaban J connectivity index is 2.02. The number of halogens is 2. The molecule has 0 aliphatic rings. The van der Waals surface area contributed by atoms with Crippen molar-refractivity contribution in [2.45, 2.75) is 44.7 Å². The molecule has 0 unspecified atom stereocenters. The van der Waals surface area contributed by atoms with Gasteiger partial charge in [0.2, 0.25) is 11.8 Å². The molecule has 1 atom stereocenters. The summed E-state index contributed by atoms with van der Waals surface area (Å²) in [5.41, 5.74) is 1.87. The molecule has 10 heteroatoms. The molecule has 3 rings (SSSR count). The number of sulfonamides is 1. The Kier molecular flexibility index (Phi) is 10.4. The number of hydrogen-bond acceptors (Lipinski definition) is 4. The molecule has 3 aromatic rings. The lowest BCUT2D eigenvalue weighted by molar-refractivity contribution is -0.139. The van der Waals surface area contributed by atoms with Gasteiger partial charge in [-0.2, -0.15) is 0 Å². The monoisotopic (exact) mass is 619 g/mol. The first kappa shape index (κ1) is 29.7. The van der Waals surface area contributed by atoms with Gasteiger partial charge in [-0.3, -0.25) is 13.9 Å². The quantitative estimate of drug-likeness (QED) is 0.305. The summed E-state index contributed by atoms with van der Waals surface area (Å²) in [6, 6.07) is 19.4. The number of anilines is 1. The molecule has 0 saturated heterocycles. The van der Waals surface area contributed by atoms with Crippen molar-refractivity contribution in [3.8, 4) is 0 Å². The van der Waals surface area contributed by atoms with Crippen LogP contribution in [0.25, 0.3) is 0 Å². The topological polar surface area (TPSA) is 86.8 Å². The van der Waals surface area contributed by atoms with Crippen molar-refractivity contribution >= 4 is 55.1 Å². The molecule has 0 saturated carbocycles. The molecule has 0 aromatic heterocycles. The summed E-state index contributed by atoms with van der Waals surface area (Å²) in [5.74, 6) is -0.856. The van der Waals surface area contributed by atoms with E-state index >= 15 is 0 Å². The number of benzene rings is 3. The molecule has 0 bridgehead atoms. The lowest BCUT2D eigenvalue weighted by Gasteiger charge is -2.32. The maximum absolute atomic E-state index is 13.8. The maximum Gasteiger partial charge on any atom is 0.264 e. The number of hydrogen-bond donors (Lipinski definition) is 1. The number of carbonyl (C=O) groups is 2. The zero-order valence-corrected chi connectivity index (χ0v) is 24.7. The molecule has 0 aliphatic heterocycles. The predicted octanol–water partition coefficient (Wildman–Crippen LogP) is 5.55. The minimum atomic E-state index is -4.17. The van der Waals surface area contributed by atoms with E-state index in [0.29, 0.717) is 6.54 Å². The summed E-state index contributed by atoms with van der Waals surface area (Å²) in [6.45, 7) is 5.48. The average molecular weight is 621 g/mol. The molecular weight excluding hydrogens is 590 g/mol. The summed E-state index contributed by atoms with van der Waals surface area (Å²) < 4.78 is 29.5. The summed E-state index contributed by atoms with van der Waals surface area (Å²) in [5, 5.41) is 3.01. The van der Waals surface area contributed by atoms with E-state index in [2.05, 4.69) is 21.2 Å². The number of carbonyl (C=O) groups excluding carboxylic acids is 2. The van der Waals surface area contributed by atoms with Crippen molar-refractivity contribution in [2.24, 2.45) is 0 Å². The van der Waals surface area contributed by atoms with Crippen LogP contribution in [0.5, 0.6) is 0 Å². The third-order valence-corrected chi connectivity index (χ3v) is 8.61. The molecule has 0 radical (unpaired) electrons. The van der Waals surface area contributed by atoms with Gasteiger partial charge in [0.1, 0.15) is 12.6 Å². The SMILES string of the molecule is CCCNC(=O)[C@H](C)N(Cc1ccc(Br)cc1)C(=O)CN(c1ccccc1Cl)S(=O)(=O)c1ccc(C)cc1. The Bertz CT molecular complexity index is 1370. The van der Waals surface area contributed by atoms with Crippen molar-refractivity contribution in [1.29, 1.82) is 0 Å². The smallest absolute Gasteiger partial charge is 0.264 e. The molecule has 1 N–H and O–H groups in total. The Morgan fingerprint density at radius 2 is 1.63 bits per heavy atom. The van der Waals surface area contributed by atoms with Crippen LogP contribution in [0.1, 0.15) is 31.4 Å². The van der Waals surface area contributed by atoms with E-state index in [0.717, 1.165) is 26.3 Å². The highest BCUT2D eigenvalue weighted by Gasteiger charge is 2.33. The van der Waals surface area contributed by atoms with Gasteiger partial charge < -0.3 is 10.2 Å². The standard InChI is InChI=1S/C28H31BrClN3O4S/c1-4-17-31-28(35)21(3)32(18-22-11-13-23(29)14-12-22)27(34)19-33(26-8-6-5-7-25(26)30)38(36,37)24-15-9-20(2)10-16-24/h5-16,21H,4,17-19H2,1-3H3,(H,31,35)/t21-/m0/s1. The van der Waals surface area contributed by atoms with Crippen LogP contribution >= 0.6 is 27.5 Å². The summed E-state index contributed by atoms with van der Waals surface area (Å²) in [4.78, 5) is 28.2. The molecule has 3 aromatic carbocycles. The first-order chi connectivity index (χ1) is 18.0. The average Bonchev–Trinajstić information content (AvgIpc) is 2.90. The normalized spacial score (nSPS) is 12.0. The van der Waals surface area contributed by atoms with E-state index in [1.54, 1.807) is 43.3 Å². The van der Waals surface area contributed by atoms with E-state index in [1.165, 1.54) is 17.0 Å². The van der Waals surface area contributed by atoms with Gasteiger partial charge in [-0.05, 0) is 62.2 Å². The van der Waals surface area contributed by atoms with Gasteiger partial charge in [-0.25, -0.2) is 8.42 Å². The largest absolute Gasteiger partial charge is 0.354 e. The molecule has 7 nitrogen and oxygen atoms in total. The lowest BCUT2D eigenvalue weighted by Crippen LogP contribution is -2.51. The van der Waals surface area contributed by atoms with Crippen LogP contribution in [0.3, 0.4) is 0 Å². The molecule has 2 amide bonds. The molecule has 38 heavy (non-hydrogen) atoms. The fourth-order valence-electron chi connectivity index (χ4n) is 3.77. The van der Waals surface area contributed by atoms with Gasteiger partial charge in [0.15, 0.2) is 0 Å². The molecule has 202 valence electrons. The number of amides is 2. The number of nitrogens with one attached hydrogen (secondary N) is 1. The Labute approximate surface area is 238 Å². The van der Waals surface area contributed by atoms with Crippen LogP contribution in [0.15, 0.2) is 82.2 Å². The fourth-order valence-corrected chi connectivity index (χ4v) is 5.76. The Hall–Kier alpha value is -2.88. The highest BCUT2D eigenvalue weighted by atomic mass is 79.9. The van der Waals surface area contributed by atoms with Crippen LogP contribution in [-0.2, 0) is 26.2 Å². The lowest BCUT2D eigenvalue weighted by atomic mass is 10.1. The van der Waals surface area contributed by atoms with Crippen molar-refractivity contribution in [3.63, 3.8) is 0 Å². The maximum atomic E-state index is 13.8. The first-order valence-electron chi connectivity index (χ1n) is 12.2. The summed E-state index contributed by atoms with van der Waals surface area (Å²) >= 11 is 9.82. The molecule has 0 heterocycles. The second kappa shape index (κ2) is 13.3. The van der Waals surface area contributed by atoms with E-state index in [-0.39, 0.29) is 28.1 Å². The van der Waals surface area contributed by atoms with Crippen molar-refractivity contribution in [1.82, 2.24) is 10.2 Å². The number of rotatable bonds is 11. The second-order valence-corrected chi connectivity index (χ2v) is 12.1. The van der Waals surface area contributed by atoms with E-state index in [1.807, 2.05) is 38.1 Å². The molecular formula is C28H31BrClN3O4S. The highest BCUT2D eigenvalue weighted by Crippen LogP contribution is 2.31. The predicted molar refractivity (Wildman–Crippen MR) is 155 cm³/mol. The van der Waals surface area contributed by atoms with Crippen LogP contribution in [0.2, 0.25) is 5.02 Å². The fraction of sp³-hybridized carbons (Fsp3) is 0.286. The minimum Gasteiger partial charge on any atom is -0.354 e. The molecule has 0 spiro atoms. The van der Waals surface area contributed by atoms with Crippen molar-refractivity contribution in [3.05, 3.63) is 93.4 Å². The Morgan fingerprint density at radius 3 is 2.24 bits per heavy atom. The van der Waals surface area contributed by atoms with Gasteiger partial charge in [0.05, 0.1) is 15.6 Å². The van der Waals surface area contributed by atoms with E-state index in [9.17, 15) is 18.0 Å². The highest BCUT2D eigenvalue weighted by molar-refractivity contribution is 9.10. The Morgan fingerprint density at radius 1 is 1.00 bits per heavy atom. The summed E-state index contributed by atoms with van der Waals surface area (Å²) in [7, 11) is -4.17. The van der Waals surface area contributed by atoms with Gasteiger partial charge >= 0.3 is 0 Å². The van der Waals surface area contributed by atoms with Gasteiger partial charge in [0, 0.05) is 17.6 Å². The van der Waals surface area contributed by atoms with Crippen molar-refractivity contribution in [2.75, 3.05) is 17.4 Å². The third-order valence-electron chi connectivity index (χ3n) is 5.99. The first-order valence-corrected chi connectivity index (χ1v) is 14.8. The van der Waals surface area contributed by atoms with Gasteiger partial charge in [0.25, 0.3) is 10.0 Å². The van der Waals surface area contributed by atoms with Crippen molar-refractivity contribution < 1.29 is 18.0 Å². The second-order valence-electron chi connectivity index (χ2n) is 8.89. The number of aryl methyl sites for hydroxylation is 1. The third kappa shape index (κ3) is 7.36. The van der Waals surface area contributed by atoms with Gasteiger partial charge in [-0.15, -0.1) is 0 Å². The van der Waals surface area contributed by atoms with Crippen LogP contribution in [0, 0.1) is 6.92 Å². The van der Waals surface area contributed by atoms with Crippen LogP contribution in [-0.4, -0.2) is 44.3 Å². The van der Waals surface area contributed by atoms with Crippen LogP contribution < -0.4 is 9.62 Å². The van der Waals surface area contributed by atoms with Gasteiger partial charge in [-0.1, -0.05) is 76.4 Å². The zero-order valence-electron chi connectivity index (χ0n) is 21.5. The number of para-hydroxylation sites is 1. The summed E-state index contributed by atoms with van der Waals surface area (Å²) in [6.07, 6.45) is 0.744. The minimum absolute atomic E-state index is 0.0315. The zero-order chi connectivity index (χ0) is 27.9.